The molecule has 1 aliphatic rings. The highest BCUT2D eigenvalue weighted by atomic mass is 16.5. The van der Waals surface area contributed by atoms with Gasteiger partial charge in [-0.2, -0.15) is 0 Å². The van der Waals surface area contributed by atoms with Crippen molar-refractivity contribution in [3.8, 4) is 0 Å². The van der Waals surface area contributed by atoms with Gasteiger partial charge in [-0.1, -0.05) is 0 Å². The van der Waals surface area contributed by atoms with E-state index in [4.69, 9.17) is 4.74 Å². The zero-order valence-electron chi connectivity index (χ0n) is 13.3. The van der Waals surface area contributed by atoms with Gasteiger partial charge in [0.15, 0.2) is 0 Å². The molecule has 0 aliphatic carbocycles. The lowest BCUT2D eigenvalue weighted by atomic mass is 10.0. The SMILES string of the molecule is CCN(C(=O)NCCN(C)C(C)C)C1COCC1C(=O)O. The number of rotatable bonds is 7. The Morgan fingerprint density at radius 3 is 2.57 bits per heavy atom. The minimum atomic E-state index is -0.914. The molecule has 21 heavy (non-hydrogen) atoms. The number of nitrogens with zero attached hydrogens (tertiary/aromatic N) is 2. The molecule has 1 heterocycles. The Kier molecular flexibility index (Phi) is 6.91. The first-order valence-electron chi connectivity index (χ1n) is 7.43. The molecule has 1 fully saturated rings. The minimum Gasteiger partial charge on any atom is -0.481 e. The molecule has 1 saturated heterocycles. The number of carboxylic acids is 1. The van der Waals surface area contributed by atoms with E-state index in [1.54, 1.807) is 4.90 Å². The molecule has 1 aliphatic heterocycles. The second-order valence-electron chi connectivity index (χ2n) is 5.64. The number of hydrogen-bond acceptors (Lipinski definition) is 4. The third-order valence-electron chi connectivity index (χ3n) is 3.99. The highest BCUT2D eigenvalue weighted by Gasteiger charge is 2.39. The van der Waals surface area contributed by atoms with E-state index in [9.17, 15) is 14.7 Å². The van der Waals surface area contributed by atoms with Crippen LogP contribution in [0, 0.1) is 5.92 Å². The quantitative estimate of drug-likeness (QED) is 0.714. The number of urea groups is 1. The second kappa shape index (κ2) is 8.19. The Morgan fingerprint density at radius 2 is 2.05 bits per heavy atom. The third-order valence-corrected chi connectivity index (χ3v) is 3.99. The van der Waals surface area contributed by atoms with Crippen molar-refractivity contribution in [1.82, 2.24) is 15.1 Å². The van der Waals surface area contributed by atoms with E-state index >= 15 is 0 Å². The Hall–Kier alpha value is -1.34. The van der Waals surface area contributed by atoms with Crippen LogP contribution < -0.4 is 5.32 Å². The molecular weight excluding hydrogens is 274 g/mol. The highest BCUT2D eigenvalue weighted by molar-refractivity contribution is 5.77. The number of amides is 2. The van der Waals surface area contributed by atoms with Crippen LogP contribution in [0.3, 0.4) is 0 Å². The van der Waals surface area contributed by atoms with Crippen LogP contribution in [0.2, 0.25) is 0 Å². The third kappa shape index (κ3) is 4.86. The number of carboxylic acid groups (broad SMARTS) is 1. The first kappa shape index (κ1) is 17.7. The van der Waals surface area contributed by atoms with Gasteiger partial charge in [-0.25, -0.2) is 4.79 Å². The van der Waals surface area contributed by atoms with Gasteiger partial charge in [-0.15, -0.1) is 0 Å². The molecule has 7 nitrogen and oxygen atoms in total. The van der Waals surface area contributed by atoms with Crippen LogP contribution >= 0.6 is 0 Å². The van der Waals surface area contributed by atoms with Gasteiger partial charge < -0.3 is 25.0 Å². The number of hydrogen-bond donors (Lipinski definition) is 2. The zero-order valence-corrected chi connectivity index (χ0v) is 13.3. The summed E-state index contributed by atoms with van der Waals surface area (Å²) < 4.78 is 5.23. The second-order valence-corrected chi connectivity index (χ2v) is 5.64. The summed E-state index contributed by atoms with van der Waals surface area (Å²) in [5.41, 5.74) is 0. The Balaban J connectivity index is 2.51. The van der Waals surface area contributed by atoms with Crippen molar-refractivity contribution in [1.29, 1.82) is 0 Å². The molecule has 0 aromatic rings. The predicted molar refractivity (Wildman–Crippen MR) is 79.3 cm³/mol. The van der Waals surface area contributed by atoms with E-state index in [0.29, 0.717) is 19.1 Å². The molecule has 2 atom stereocenters. The smallest absolute Gasteiger partial charge is 0.317 e. The Bertz CT molecular complexity index is 362. The Morgan fingerprint density at radius 1 is 1.38 bits per heavy atom. The van der Waals surface area contributed by atoms with E-state index in [1.165, 1.54) is 0 Å². The Labute approximate surface area is 126 Å². The molecule has 122 valence electrons. The summed E-state index contributed by atoms with van der Waals surface area (Å²) in [6.07, 6.45) is 0. The van der Waals surface area contributed by atoms with Crippen molar-refractivity contribution in [2.45, 2.75) is 32.9 Å². The van der Waals surface area contributed by atoms with Crippen molar-refractivity contribution in [2.75, 3.05) is 39.9 Å². The van der Waals surface area contributed by atoms with E-state index in [0.717, 1.165) is 6.54 Å². The lowest BCUT2D eigenvalue weighted by Gasteiger charge is -2.30. The molecule has 0 radical (unpaired) electrons. The summed E-state index contributed by atoms with van der Waals surface area (Å²) >= 11 is 0. The maximum Gasteiger partial charge on any atom is 0.317 e. The summed E-state index contributed by atoms with van der Waals surface area (Å²) in [6.45, 7) is 8.23. The summed E-state index contributed by atoms with van der Waals surface area (Å²) in [6, 6.07) is -0.199. The van der Waals surface area contributed by atoms with E-state index < -0.39 is 17.9 Å². The van der Waals surface area contributed by atoms with Gasteiger partial charge in [0.1, 0.15) is 5.92 Å². The zero-order chi connectivity index (χ0) is 16.0. The van der Waals surface area contributed by atoms with Crippen molar-refractivity contribution >= 4 is 12.0 Å². The number of aliphatic carboxylic acids is 1. The molecule has 0 bridgehead atoms. The van der Waals surface area contributed by atoms with E-state index in [2.05, 4.69) is 24.1 Å². The fourth-order valence-electron chi connectivity index (χ4n) is 2.31. The molecule has 0 spiro atoms. The molecular formula is C14H27N3O4. The van der Waals surface area contributed by atoms with Crippen LogP contribution in [-0.2, 0) is 9.53 Å². The molecule has 0 saturated carbocycles. The standard InChI is InChI=1S/C14H27N3O4/c1-5-17(12-9-21-8-11(12)13(18)19)14(20)15-6-7-16(4)10(2)3/h10-12H,5-9H2,1-4H3,(H,15,20)(H,18,19). The molecule has 2 unspecified atom stereocenters. The number of nitrogens with one attached hydrogen (secondary N) is 1. The maximum atomic E-state index is 12.2. The van der Waals surface area contributed by atoms with Gasteiger partial charge in [0.25, 0.3) is 0 Å². The number of likely N-dealkylation sites (N-methyl/N-ethyl adjacent to an activating group) is 2. The van der Waals surface area contributed by atoms with Crippen molar-refractivity contribution in [3.05, 3.63) is 0 Å². The van der Waals surface area contributed by atoms with Crippen LogP contribution in [0.25, 0.3) is 0 Å². The lowest BCUT2D eigenvalue weighted by Crippen LogP contribution is -2.51. The van der Waals surface area contributed by atoms with Crippen LogP contribution in [0.15, 0.2) is 0 Å². The first-order chi connectivity index (χ1) is 9.88. The monoisotopic (exact) mass is 301 g/mol. The predicted octanol–water partition coefficient (Wildman–Crippen LogP) is 0.458. The first-order valence-corrected chi connectivity index (χ1v) is 7.43. The molecule has 0 aromatic heterocycles. The summed E-state index contributed by atoms with van der Waals surface area (Å²) in [5, 5.41) is 12.0. The van der Waals surface area contributed by atoms with Crippen molar-refractivity contribution in [3.63, 3.8) is 0 Å². The number of carbonyl (C=O) groups is 2. The number of ether oxygens (including phenoxy) is 1. The summed E-state index contributed by atoms with van der Waals surface area (Å²) in [5.74, 6) is -1.56. The van der Waals surface area contributed by atoms with Crippen LogP contribution in [0.4, 0.5) is 4.79 Å². The van der Waals surface area contributed by atoms with Gasteiger partial charge in [0.05, 0.1) is 19.3 Å². The van der Waals surface area contributed by atoms with Gasteiger partial charge in [-0.05, 0) is 27.8 Å². The van der Waals surface area contributed by atoms with E-state index in [1.807, 2.05) is 14.0 Å². The van der Waals surface area contributed by atoms with Crippen molar-refractivity contribution < 1.29 is 19.4 Å². The van der Waals surface area contributed by atoms with Gasteiger partial charge >= 0.3 is 12.0 Å². The van der Waals surface area contributed by atoms with Gasteiger partial charge in [0, 0.05) is 25.7 Å². The van der Waals surface area contributed by atoms with Crippen LogP contribution in [0.1, 0.15) is 20.8 Å². The normalized spacial score (nSPS) is 21.8. The van der Waals surface area contributed by atoms with Crippen LogP contribution in [-0.4, -0.2) is 78.9 Å². The largest absolute Gasteiger partial charge is 0.481 e. The summed E-state index contributed by atoms with van der Waals surface area (Å²) in [7, 11) is 2.00. The molecule has 7 heteroatoms. The average Bonchev–Trinajstić information content (AvgIpc) is 2.88. The molecule has 0 aromatic carbocycles. The number of carbonyl (C=O) groups excluding carboxylic acids is 1. The maximum absolute atomic E-state index is 12.2. The van der Waals surface area contributed by atoms with Crippen LogP contribution in [0.5, 0.6) is 0 Å². The highest BCUT2D eigenvalue weighted by Crippen LogP contribution is 2.20. The summed E-state index contributed by atoms with van der Waals surface area (Å²) in [4.78, 5) is 27.1. The van der Waals surface area contributed by atoms with Crippen molar-refractivity contribution in [2.24, 2.45) is 5.92 Å². The minimum absolute atomic E-state index is 0.167. The lowest BCUT2D eigenvalue weighted by molar-refractivity contribution is -0.142. The fraction of sp³-hybridized carbons (Fsp3) is 0.857. The topological polar surface area (TPSA) is 82.1 Å². The van der Waals surface area contributed by atoms with E-state index in [-0.39, 0.29) is 19.2 Å². The average molecular weight is 301 g/mol. The fourth-order valence-corrected chi connectivity index (χ4v) is 2.31. The van der Waals surface area contributed by atoms with Gasteiger partial charge in [-0.3, -0.25) is 4.79 Å². The van der Waals surface area contributed by atoms with Gasteiger partial charge in [0.2, 0.25) is 0 Å². The molecule has 1 rings (SSSR count). The molecule has 2 N–H and O–H groups in total. The molecule has 2 amide bonds.